The van der Waals surface area contributed by atoms with Gasteiger partial charge in [-0.15, -0.1) is 11.3 Å². The van der Waals surface area contributed by atoms with Crippen LogP contribution < -0.4 is 14.8 Å². The number of ether oxygens (including phenoxy) is 2. The average Bonchev–Trinajstić information content (AvgIpc) is 3.50. The summed E-state index contributed by atoms with van der Waals surface area (Å²) in [5.41, 5.74) is 2.15. The molecular weight excluding hydrogens is 384 g/mol. The maximum atomic E-state index is 12.6. The Morgan fingerprint density at radius 3 is 2.79 bits per heavy atom. The van der Waals surface area contributed by atoms with Gasteiger partial charge in [-0.1, -0.05) is 18.2 Å². The van der Waals surface area contributed by atoms with Gasteiger partial charge in [0.25, 0.3) is 0 Å². The maximum absolute atomic E-state index is 12.6. The Labute approximate surface area is 174 Å². The molecule has 0 bridgehead atoms. The van der Waals surface area contributed by atoms with Crippen molar-refractivity contribution in [2.24, 2.45) is 5.92 Å². The fraction of sp³-hybridized carbons (Fsp3) is 0.391. The van der Waals surface area contributed by atoms with E-state index in [0.29, 0.717) is 25.6 Å². The van der Waals surface area contributed by atoms with Crippen LogP contribution in [0, 0.1) is 5.92 Å². The standard InChI is InChI=1S/C23H24N2O3S/c26-21(6-3-7-22-24-17-4-1-2-5-20(17)29-22)25-23(15-8-9-15)16-10-11-18-19(14-16)28-13-12-27-18/h1-2,4-5,10-11,14-15,23H,3,6-9,12-13H2,(H,25,26). The lowest BCUT2D eigenvalue weighted by Crippen LogP contribution is -2.30. The second-order valence-corrected chi connectivity index (χ2v) is 8.83. The van der Waals surface area contributed by atoms with Crippen LogP contribution in [0.3, 0.4) is 0 Å². The largest absolute Gasteiger partial charge is 0.486 e. The van der Waals surface area contributed by atoms with E-state index in [1.807, 2.05) is 30.3 Å². The molecule has 1 N–H and O–H groups in total. The lowest BCUT2D eigenvalue weighted by molar-refractivity contribution is -0.122. The molecule has 2 heterocycles. The Kier molecular flexibility index (Phi) is 5.10. The van der Waals surface area contributed by atoms with Gasteiger partial charge in [-0.2, -0.15) is 0 Å². The first kappa shape index (κ1) is 18.4. The second-order valence-electron chi connectivity index (χ2n) is 7.71. The van der Waals surface area contributed by atoms with Crippen LogP contribution in [0.5, 0.6) is 11.5 Å². The molecule has 6 heteroatoms. The van der Waals surface area contributed by atoms with E-state index in [1.165, 1.54) is 4.70 Å². The lowest BCUT2D eigenvalue weighted by Gasteiger charge is -2.23. The van der Waals surface area contributed by atoms with Crippen molar-refractivity contribution in [1.82, 2.24) is 10.3 Å². The molecule has 1 aliphatic heterocycles. The predicted molar refractivity (Wildman–Crippen MR) is 114 cm³/mol. The molecular formula is C23H24N2O3S. The summed E-state index contributed by atoms with van der Waals surface area (Å²) in [5, 5.41) is 4.36. The summed E-state index contributed by atoms with van der Waals surface area (Å²) >= 11 is 1.72. The number of amides is 1. The molecule has 3 aromatic rings. The van der Waals surface area contributed by atoms with Crippen molar-refractivity contribution in [3.05, 3.63) is 53.0 Å². The normalized spacial score (nSPS) is 16.6. The van der Waals surface area contributed by atoms with E-state index in [9.17, 15) is 4.79 Å². The Bertz CT molecular complexity index is 995. The minimum absolute atomic E-state index is 0.0563. The van der Waals surface area contributed by atoms with Crippen molar-refractivity contribution in [2.45, 2.75) is 38.1 Å². The highest BCUT2D eigenvalue weighted by molar-refractivity contribution is 7.18. The topological polar surface area (TPSA) is 60.5 Å². The van der Waals surface area contributed by atoms with Crippen molar-refractivity contribution in [1.29, 1.82) is 0 Å². The number of carbonyl (C=O) groups excluding carboxylic acids is 1. The number of hydrogen-bond acceptors (Lipinski definition) is 5. The van der Waals surface area contributed by atoms with E-state index in [1.54, 1.807) is 11.3 Å². The molecule has 5 rings (SSSR count). The number of hydrogen-bond donors (Lipinski definition) is 1. The second kappa shape index (κ2) is 8.03. The monoisotopic (exact) mass is 408 g/mol. The van der Waals surface area contributed by atoms with Crippen LogP contribution in [0.4, 0.5) is 0 Å². The predicted octanol–water partition coefficient (Wildman–Crippen LogP) is 4.66. The van der Waals surface area contributed by atoms with Gasteiger partial charge in [0, 0.05) is 6.42 Å². The average molecular weight is 409 g/mol. The van der Waals surface area contributed by atoms with Gasteiger partial charge in [0.1, 0.15) is 13.2 Å². The maximum Gasteiger partial charge on any atom is 0.220 e. The molecule has 2 aliphatic rings. The van der Waals surface area contributed by atoms with Crippen molar-refractivity contribution < 1.29 is 14.3 Å². The highest BCUT2D eigenvalue weighted by Gasteiger charge is 2.34. The number of nitrogens with zero attached hydrogens (tertiary/aromatic N) is 1. The summed E-state index contributed by atoms with van der Waals surface area (Å²) in [6, 6.07) is 14.3. The first-order valence-corrected chi connectivity index (χ1v) is 11.1. The molecule has 2 aromatic carbocycles. The number of nitrogens with one attached hydrogen (secondary N) is 1. The van der Waals surface area contributed by atoms with E-state index in [4.69, 9.17) is 9.47 Å². The van der Waals surface area contributed by atoms with Gasteiger partial charge in [-0.25, -0.2) is 4.98 Å². The quantitative estimate of drug-likeness (QED) is 0.618. The van der Waals surface area contributed by atoms with E-state index in [0.717, 1.165) is 53.3 Å². The van der Waals surface area contributed by atoms with Crippen molar-refractivity contribution in [3.8, 4) is 11.5 Å². The summed E-state index contributed by atoms with van der Waals surface area (Å²) < 4.78 is 12.5. The Hall–Kier alpha value is -2.60. The molecule has 0 saturated heterocycles. The van der Waals surface area contributed by atoms with Crippen molar-refractivity contribution >= 4 is 27.5 Å². The fourth-order valence-electron chi connectivity index (χ4n) is 3.83. The SMILES string of the molecule is O=C(CCCc1nc2ccccc2s1)NC(c1ccc2c(c1)OCCO2)C1CC1. The number of fused-ring (bicyclic) bond motifs is 2. The number of benzene rings is 2. The molecule has 29 heavy (non-hydrogen) atoms. The van der Waals surface area contributed by atoms with Gasteiger partial charge < -0.3 is 14.8 Å². The van der Waals surface area contributed by atoms with Gasteiger partial charge >= 0.3 is 0 Å². The number of aryl methyl sites for hydroxylation is 1. The zero-order valence-electron chi connectivity index (χ0n) is 16.2. The Morgan fingerprint density at radius 2 is 1.97 bits per heavy atom. The van der Waals surface area contributed by atoms with Crippen LogP contribution in [-0.4, -0.2) is 24.1 Å². The molecule has 1 fully saturated rings. The molecule has 5 nitrogen and oxygen atoms in total. The van der Waals surface area contributed by atoms with Crippen LogP contribution in [0.25, 0.3) is 10.2 Å². The Balaban J connectivity index is 1.19. The molecule has 1 saturated carbocycles. The number of thiazole rings is 1. The molecule has 150 valence electrons. The van der Waals surface area contributed by atoms with Crippen LogP contribution in [0.2, 0.25) is 0 Å². The van der Waals surface area contributed by atoms with Crippen molar-refractivity contribution in [3.63, 3.8) is 0 Å². The van der Waals surface area contributed by atoms with Gasteiger partial charge in [0.15, 0.2) is 11.5 Å². The zero-order chi connectivity index (χ0) is 19.6. The van der Waals surface area contributed by atoms with Gasteiger partial charge in [0.05, 0.1) is 21.3 Å². The first-order valence-electron chi connectivity index (χ1n) is 10.3. The van der Waals surface area contributed by atoms with Crippen LogP contribution in [-0.2, 0) is 11.2 Å². The van der Waals surface area contributed by atoms with Gasteiger partial charge in [-0.05, 0) is 61.4 Å². The van der Waals surface area contributed by atoms with Crippen molar-refractivity contribution in [2.75, 3.05) is 13.2 Å². The number of rotatable bonds is 7. The van der Waals surface area contributed by atoms with E-state index >= 15 is 0 Å². The zero-order valence-corrected chi connectivity index (χ0v) is 17.0. The van der Waals surface area contributed by atoms with Gasteiger partial charge in [-0.3, -0.25) is 4.79 Å². The van der Waals surface area contributed by atoms with Gasteiger partial charge in [0.2, 0.25) is 5.91 Å². The molecule has 1 aliphatic carbocycles. The molecule has 0 spiro atoms. The molecule has 1 amide bonds. The fourth-order valence-corrected chi connectivity index (χ4v) is 4.84. The van der Waals surface area contributed by atoms with Crippen LogP contribution >= 0.6 is 11.3 Å². The van der Waals surface area contributed by atoms with E-state index in [-0.39, 0.29) is 11.9 Å². The van der Waals surface area contributed by atoms with E-state index in [2.05, 4.69) is 22.4 Å². The van der Waals surface area contributed by atoms with E-state index < -0.39 is 0 Å². The first-order chi connectivity index (χ1) is 14.3. The highest BCUT2D eigenvalue weighted by atomic mass is 32.1. The minimum atomic E-state index is 0.0563. The Morgan fingerprint density at radius 1 is 1.14 bits per heavy atom. The summed E-state index contributed by atoms with van der Waals surface area (Å²) in [6.45, 7) is 1.16. The van der Waals surface area contributed by atoms with Crippen LogP contribution in [0.15, 0.2) is 42.5 Å². The summed E-state index contributed by atoms with van der Waals surface area (Å²) in [6.07, 6.45) is 4.48. The third-order valence-electron chi connectivity index (χ3n) is 5.47. The smallest absolute Gasteiger partial charge is 0.220 e. The summed E-state index contributed by atoms with van der Waals surface area (Å²) in [4.78, 5) is 17.3. The minimum Gasteiger partial charge on any atom is -0.486 e. The van der Waals surface area contributed by atoms with Crippen LogP contribution in [0.1, 0.15) is 42.3 Å². The number of aromatic nitrogens is 1. The summed E-state index contributed by atoms with van der Waals surface area (Å²) in [7, 11) is 0. The third-order valence-corrected chi connectivity index (χ3v) is 6.56. The number of para-hydroxylation sites is 1. The number of carbonyl (C=O) groups is 1. The third kappa shape index (κ3) is 4.22. The molecule has 0 radical (unpaired) electrons. The lowest BCUT2D eigenvalue weighted by atomic mass is 10.0. The molecule has 1 unspecified atom stereocenters. The summed E-state index contributed by atoms with van der Waals surface area (Å²) in [5.74, 6) is 2.20. The molecule has 1 aromatic heterocycles. The molecule has 1 atom stereocenters. The highest BCUT2D eigenvalue weighted by Crippen LogP contribution is 2.43.